The zero-order chi connectivity index (χ0) is 20.7. The second-order valence-corrected chi connectivity index (χ2v) is 11.7. The molecule has 154 valence electrons. The molecular formula is C28H32OSi. The van der Waals surface area contributed by atoms with Gasteiger partial charge in [0, 0.05) is 6.10 Å². The van der Waals surface area contributed by atoms with Crippen molar-refractivity contribution in [3.05, 3.63) is 104 Å². The summed E-state index contributed by atoms with van der Waals surface area (Å²) in [6.07, 6.45) is 9.61. The highest BCUT2D eigenvalue weighted by atomic mass is 28.4. The summed E-state index contributed by atoms with van der Waals surface area (Å²) in [6, 6.07) is 32.8. The number of benzene rings is 3. The van der Waals surface area contributed by atoms with E-state index in [1.807, 2.05) is 0 Å². The Kier molecular flexibility index (Phi) is 6.98. The minimum Gasteiger partial charge on any atom is -0.401 e. The third-order valence-electron chi connectivity index (χ3n) is 6.40. The first-order valence-corrected chi connectivity index (χ1v) is 13.2. The van der Waals surface area contributed by atoms with Gasteiger partial charge in [0.05, 0.1) is 0 Å². The Hall–Kier alpha value is -2.42. The van der Waals surface area contributed by atoms with Crippen molar-refractivity contribution in [2.24, 2.45) is 5.92 Å². The standard InChI is InChI=1S/C28H32OSi/c1-2-3-14-24-15-13-16-25(23-24)29-30(26-17-7-4-8-18-26,27-19-9-5-10-20-27)28-21-11-6-12-22-28/h2,4-12,17-22,24-25H,1,3,13-16,23H2/t24-,25+/m0/s1. The second kappa shape index (κ2) is 10.1. The van der Waals surface area contributed by atoms with Crippen LogP contribution in [0, 0.1) is 5.92 Å². The van der Waals surface area contributed by atoms with Crippen LogP contribution in [0.25, 0.3) is 0 Å². The maximum Gasteiger partial charge on any atom is 0.288 e. The number of allylic oxidation sites excluding steroid dienone is 1. The molecule has 1 aliphatic carbocycles. The lowest BCUT2D eigenvalue weighted by Gasteiger charge is -2.39. The van der Waals surface area contributed by atoms with Gasteiger partial charge >= 0.3 is 0 Å². The largest absolute Gasteiger partial charge is 0.401 e. The zero-order valence-electron chi connectivity index (χ0n) is 17.8. The van der Waals surface area contributed by atoms with Gasteiger partial charge in [-0.2, -0.15) is 0 Å². The molecular weight excluding hydrogens is 380 g/mol. The average Bonchev–Trinajstić information content (AvgIpc) is 2.83. The first kappa shape index (κ1) is 20.8. The quantitative estimate of drug-likeness (QED) is 0.281. The summed E-state index contributed by atoms with van der Waals surface area (Å²) < 4.78 is 7.36. The van der Waals surface area contributed by atoms with E-state index in [4.69, 9.17) is 4.43 Å². The molecule has 3 aromatic carbocycles. The predicted octanol–water partition coefficient (Wildman–Crippen LogP) is 5.20. The molecule has 0 bridgehead atoms. The molecule has 0 aliphatic heterocycles. The van der Waals surface area contributed by atoms with E-state index in [1.165, 1.54) is 34.8 Å². The molecule has 2 atom stereocenters. The van der Waals surface area contributed by atoms with E-state index in [9.17, 15) is 0 Å². The summed E-state index contributed by atoms with van der Waals surface area (Å²) in [6.45, 7) is 3.92. The van der Waals surface area contributed by atoms with Gasteiger partial charge in [-0.15, -0.1) is 6.58 Å². The first-order chi connectivity index (χ1) is 14.8. The van der Waals surface area contributed by atoms with Crippen LogP contribution in [-0.2, 0) is 4.43 Å². The van der Waals surface area contributed by atoms with Crippen LogP contribution >= 0.6 is 0 Å². The van der Waals surface area contributed by atoms with Crippen LogP contribution in [0.3, 0.4) is 0 Å². The Bertz CT molecular complexity index is 810. The van der Waals surface area contributed by atoms with E-state index >= 15 is 0 Å². The van der Waals surface area contributed by atoms with E-state index in [2.05, 4.69) is 104 Å². The summed E-state index contributed by atoms with van der Waals surface area (Å²) in [5.74, 6) is 0.746. The summed E-state index contributed by atoms with van der Waals surface area (Å²) >= 11 is 0. The predicted molar refractivity (Wildman–Crippen MR) is 130 cm³/mol. The van der Waals surface area contributed by atoms with Gasteiger partial charge in [0.2, 0.25) is 0 Å². The van der Waals surface area contributed by atoms with E-state index in [-0.39, 0.29) is 0 Å². The summed E-state index contributed by atoms with van der Waals surface area (Å²) in [4.78, 5) is 0. The molecule has 1 fully saturated rings. The number of rotatable bonds is 8. The molecule has 1 nitrogen and oxygen atoms in total. The Morgan fingerprint density at radius 2 is 1.27 bits per heavy atom. The van der Waals surface area contributed by atoms with Crippen LogP contribution in [0.15, 0.2) is 104 Å². The van der Waals surface area contributed by atoms with Crippen LogP contribution < -0.4 is 15.6 Å². The molecule has 4 rings (SSSR count). The molecule has 0 saturated heterocycles. The molecule has 3 aromatic rings. The van der Waals surface area contributed by atoms with Crippen molar-refractivity contribution >= 4 is 23.9 Å². The summed E-state index contributed by atoms with van der Waals surface area (Å²) in [5, 5.41) is 3.99. The SMILES string of the molecule is C=CCC[C@H]1CCC[C@@H](O[Si](c2ccccc2)(c2ccccc2)c2ccccc2)C1. The summed E-state index contributed by atoms with van der Waals surface area (Å²) in [5.41, 5.74) is 0. The minimum absolute atomic E-state index is 0.306. The summed E-state index contributed by atoms with van der Waals surface area (Å²) in [7, 11) is -2.59. The van der Waals surface area contributed by atoms with Gasteiger partial charge in [0.1, 0.15) is 0 Å². The van der Waals surface area contributed by atoms with Gasteiger partial charge in [0.15, 0.2) is 0 Å². The Morgan fingerprint density at radius 1 is 0.767 bits per heavy atom. The zero-order valence-corrected chi connectivity index (χ0v) is 18.8. The molecule has 1 saturated carbocycles. The lowest BCUT2D eigenvalue weighted by molar-refractivity contribution is 0.120. The van der Waals surface area contributed by atoms with Gasteiger partial charge in [-0.3, -0.25) is 0 Å². The molecule has 0 aromatic heterocycles. The minimum atomic E-state index is -2.59. The lowest BCUT2D eigenvalue weighted by atomic mass is 9.84. The third kappa shape index (κ3) is 4.50. The van der Waals surface area contributed by atoms with E-state index in [0.29, 0.717) is 6.10 Å². The highest BCUT2D eigenvalue weighted by Crippen LogP contribution is 2.31. The van der Waals surface area contributed by atoms with Crippen molar-refractivity contribution < 1.29 is 4.43 Å². The molecule has 1 aliphatic rings. The lowest BCUT2D eigenvalue weighted by Crippen LogP contribution is -2.70. The molecule has 0 spiro atoms. The smallest absolute Gasteiger partial charge is 0.288 e. The maximum absolute atomic E-state index is 7.36. The van der Waals surface area contributed by atoms with Crippen molar-refractivity contribution in [1.29, 1.82) is 0 Å². The first-order valence-electron chi connectivity index (χ1n) is 11.3. The van der Waals surface area contributed by atoms with Crippen LogP contribution in [0.4, 0.5) is 0 Å². The topological polar surface area (TPSA) is 9.23 Å². The molecule has 0 radical (unpaired) electrons. The normalized spacial score (nSPS) is 19.3. The third-order valence-corrected chi connectivity index (χ3v) is 10.5. The average molecular weight is 413 g/mol. The fourth-order valence-corrected chi connectivity index (χ4v) is 9.05. The Morgan fingerprint density at radius 3 is 1.73 bits per heavy atom. The fourth-order valence-electron chi connectivity index (χ4n) is 4.94. The van der Waals surface area contributed by atoms with Gasteiger partial charge in [0.25, 0.3) is 8.32 Å². The van der Waals surface area contributed by atoms with Crippen molar-refractivity contribution in [2.75, 3.05) is 0 Å². The second-order valence-electron chi connectivity index (χ2n) is 8.42. The monoisotopic (exact) mass is 412 g/mol. The van der Waals surface area contributed by atoms with Gasteiger partial charge in [-0.25, -0.2) is 0 Å². The number of hydrogen-bond donors (Lipinski definition) is 0. The van der Waals surface area contributed by atoms with Crippen LogP contribution in [0.5, 0.6) is 0 Å². The van der Waals surface area contributed by atoms with Gasteiger partial charge in [-0.1, -0.05) is 110 Å². The Balaban J connectivity index is 1.78. The van der Waals surface area contributed by atoms with Crippen LogP contribution in [-0.4, -0.2) is 14.4 Å². The molecule has 2 heteroatoms. The molecule has 0 unspecified atom stereocenters. The van der Waals surface area contributed by atoms with Crippen molar-refractivity contribution in [2.45, 2.75) is 44.6 Å². The molecule has 0 amide bonds. The van der Waals surface area contributed by atoms with Crippen molar-refractivity contribution in [3.63, 3.8) is 0 Å². The highest BCUT2D eigenvalue weighted by molar-refractivity contribution is 7.07. The van der Waals surface area contributed by atoms with Crippen molar-refractivity contribution in [1.82, 2.24) is 0 Å². The van der Waals surface area contributed by atoms with Crippen LogP contribution in [0.2, 0.25) is 0 Å². The maximum atomic E-state index is 7.36. The molecule has 0 N–H and O–H groups in total. The van der Waals surface area contributed by atoms with E-state index in [1.54, 1.807) is 0 Å². The highest BCUT2D eigenvalue weighted by Gasteiger charge is 2.44. The van der Waals surface area contributed by atoms with E-state index in [0.717, 1.165) is 25.2 Å². The van der Waals surface area contributed by atoms with Gasteiger partial charge in [-0.05, 0) is 47.2 Å². The molecule has 0 heterocycles. The number of hydrogen-bond acceptors (Lipinski definition) is 1. The fraction of sp³-hybridized carbons (Fsp3) is 0.286. The molecule has 30 heavy (non-hydrogen) atoms. The van der Waals surface area contributed by atoms with Crippen molar-refractivity contribution in [3.8, 4) is 0 Å². The Labute approximate surface area is 182 Å². The van der Waals surface area contributed by atoms with E-state index < -0.39 is 8.32 Å². The van der Waals surface area contributed by atoms with Gasteiger partial charge < -0.3 is 4.43 Å². The van der Waals surface area contributed by atoms with Crippen LogP contribution in [0.1, 0.15) is 38.5 Å².